The van der Waals surface area contributed by atoms with Crippen molar-refractivity contribution >= 4 is 15.9 Å². The molecule has 4 unspecified atom stereocenters. The van der Waals surface area contributed by atoms with Crippen LogP contribution in [-0.4, -0.2) is 7.11 Å². The lowest BCUT2D eigenvalue weighted by atomic mass is 9.66. The first kappa shape index (κ1) is 14.4. The summed E-state index contributed by atoms with van der Waals surface area (Å²) >= 11 is 3.97. The van der Waals surface area contributed by atoms with Gasteiger partial charge in [-0.1, -0.05) is 53.7 Å². The highest BCUT2D eigenvalue weighted by Crippen LogP contribution is 2.48. The van der Waals surface area contributed by atoms with E-state index in [-0.39, 0.29) is 0 Å². The molecule has 2 aliphatic rings. The molecular formula is C18H25BrO. The Balaban J connectivity index is 1.65. The molecule has 3 rings (SSSR count). The number of hydrogen-bond donors (Lipinski definition) is 0. The lowest BCUT2D eigenvalue weighted by molar-refractivity contribution is 0.129. The Morgan fingerprint density at radius 1 is 1.00 bits per heavy atom. The van der Waals surface area contributed by atoms with E-state index >= 15 is 0 Å². The molecule has 0 heterocycles. The maximum Gasteiger partial charge on any atom is 0.118 e. The molecule has 2 fully saturated rings. The smallest absolute Gasteiger partial charge is 0.118 e. The molecule has 2 aliphatic carbocycles. The molecule has 110 valence electrons. The van der Waals surface area contributed by atoms with E-state index in [0.717, 1.165) is 23.5 Å². The predicted octanol–water partition coefficient (Wildman–Crippen LogP) is 5.74. The second-order valence-electron chi connectivity index (χ2n) is 6.55. The Bertz CT molecular complexity index is 428. The minimum atomic E-state index is 0.510. The van der Waals surface area contributed by atoms with Gasteiger partial charge in [0.1, 0.15) is 5.75 Å². The number of alkyl halides is 1. The molecular weight excluding hydrogens is 312 g/mol. The van der Waals surface area contributed by atoms with E-state index in [1.807, 2.05) is 0 Å². The van der Waals surface area contributed by atoms with E-state index in [2.05, 4.69) is 40.2 Å². The van der Waals surface area contributed by atoms with Gasteiger partial charge < -0.3 is 4.74 Å². The molecule has 4 atom stereocenters. The van der Waals surface area contributed by atoms with Crippen LogP contribution in [0.4, 0.5) is 0 Å². The van der Waals surface area contributed by atoms with E-state index in [9.17, 15) is 0 Å². The van der Waals surface area contributed by atoms with Crippen LogP contribution >= 0.6 is 15.9 Å². The zero-order valence-electron chi connectivity index (χ0n) is 12.4. The van der Waals surface area contributed by atoms with Crippen molar-refractivity contribution < 1.29 is 4.74 Å². The molecule has 1 nitrogen and oxygen atoms in total. The first-order valence-corrected chi connectivity index (χ1v) is 8.97. The number of fused-ring (bicyclic) bond motifs is 1. The fourth-order valence-corrected chi connectivity index (χ4v) is 5.02. The minimum absolute atomic E-state index is 0.510. The van der Waals surface area contributed by atoms with Gasteiger partial charge >= 0.3 is 0 Å². The molecule has 0 spiro atoms. The zero-order chi connectivity index (χ0) is 13.9. The summed E-state index contributed by atoms with van der Waals surface area (Å²) in [5.74, 6) is 3.79. The lowest BCUT2D eigenvalue weighted by Crippen LogP contribution is -2.29. The van der Waals surface area contributed by atoms with E-state index < -0.39 is 0 Å². The summed E-state index contributed by atoms with van der Waals surface area (Å²) in [6, 6.07) is 8.59. The van der Waals surface area contributed by atoms with Crippen LogP contribution in [-0.2, 0) is 0 Å². The van der Waals surface area contributed by atoms with Crippen LogP contribution in [0, 0.1) is 17.8 Å². The highest BCUT2D eigenvalue weighted by molar-refractivity contribution is 9.09. The number of hydrogen-bond acceptors (Lipinski definition) is 1. The summed E-state index contributed by atoms with van der Waals surface area (Å²) < 4.78 is 5.25. The van der Waals surface area contributed by atoms with Crippen molar-refractivity contribution in [3.05, 3.63) is 29.8 Å². The second-order valence-corrected chi connectivity index (χ2v) is 7.54. The molecule has 0 aliphatic heterocycles. The molecule has 1 aromatic rings. The van der Waals surface area contributed by atoms with Crippen LogP contribution in [0.5, 0.6) is 5.75 Å². The Kier molecular flexibility index (Phi) is 4.70. The van der Waals surface area contributed by atoms with Gasteiger partial charge in [-0.05, 0) is 54.7 Å². The van der Waals surface area contributed by atoms with Gasteiger partial charge in [0.05, 0.1) is 7.11 Å². The fourth-order valence-electron chi connectivity index (χ4n) is 4.24. The Morgan fingerprint density at radius 2 is 1.70 bits per heavy atom. The van der Waals surface area contributed by atoms with Gasteiger partial charge in [-0.3, -0.25) is 0 Å². The Hall–Kier alpha value is -0.500. The van der Waals surface area contributed by atoms with Crippen molar-refractivity contribution in [1.82, 2.24) is 0 Å². The first-order valence-electron chi connectivity index (χ1n) is 8.06. The maximum absolute atomic E-state index is 5.25. The molecule has 2 heteroatoms. The number of rotatable bonds is 3. The number of methoxy groups -OCH3 is 1. The van der Waals surface area contributed by atoms with Crippen molar-refractivity contribution in [2.24, 2.45) is 17.8 Å². The number of halogens is 1. The largest absolute Gasteiger partial charge is 0.497 e. The van der Waals surface area contributed by atoms with E-state index in [1.165, 1.54) is 50.5 Å². The molecule has 1 aromatic carbocycles. The van der Waals surface area contributed by atoms with Crippen LogP contribution in [0.25, 0.3) is 0 Å². The number of benzene rings is 1. The van der Waals surface area contributed by atoms with Gasteiger partial charge in [0, 0.05) is 4.83 Å². The molecule has 20 heavy (non-hydrogen) atoms. The monoisotopic (exact) mass is 336 g/mol. The van der Waals surface area contributed by atoms with Crippen LogP contribution in [0.3, 0.4) is 0 Å². The molecule has 0 N–H and O–H groups in total. The molecule has 0 saturated heterocycles. The third kappa shape index (κ3) is 3.05. The summed E-state index contributed by atoms with van der Waals surface area (Å²) in [5.41, 5.74) is 1.41. The molecule has 0 radical (unpaired) electrons. The third-order valence-electron chi connectivity index (χ3n) is 5.43. The van der Waals surface area contributed by atoms with Crippen LogP contribution in [0.2, 0.25) is 0 Å². The molecule has 0 bridgehead atoms. The Labute approximate surface area is 131 Å². The summed E-state index contributed by atoms with van der Waals surface area (Å²) in [4.78, 5) is 0.510. The van der Waals surface area contributed by atoms with Crippen LogP contribution < -0.4 is 4.74 Å². The predicted molar refractivity (Wildman–Crippen MR) is 87.5 cm³/mol. The summed E-state index contributed by atoms with van der Waals surface area (Å²) in [6.07, 6.45) is 10.2. The number of ether oxygens (including phenoxy) is 1. The minimum Gasteiger partial charge on any atom is -0.497 e. The van der Waals surface area contributed by atoms with Gasteiger partial charge in [-0.2, -0.15) is 0 Å². The van der Waals surface area contributed by atoms with Crippen molar-refractivity contribution in [3.63, 3.8) is 0 Å². The normalized spacial score (nSPS) is 31.4. The van der Waals surface area contributed by atoms with Crippen molar-refractivity contribution in [3.8, 4) is 5.75 Å². The van der Waals surface area contributed by atoms with Gasteiger partial charge in [-0.25, -0.2) is 0 Å². The van der Waals surface area contributed by atoms with Gasteiger partial charge in [0.25, 0.3) is 0 Å². The fraction of sp³-hybridized carbons (Fsp3) is 0.667. The van der Waals surface area contributed by atoms with E-state index in [1.54, 1.807) is 7.11 Å². The van der Waals surface area contributed by atoms with Gasteiger partial charge in [0.15, 0.2) is 0 Å². The molecule has 0 amide bonds. The maximum atomic E-state index is 5.25. The van der Waals surface area contributed by atoms with Crippen molar-refractivity contribution in [2.75, 3.05) is 7.11 Å². The summed E-state index contributed by atoms with van der Waals surface area (Å²) in [5, 5.41) is 0. The second kappa shape index (κ2) is 6.51. The average molecular weight is 337 g/mol. The SMILES string of the molecule is COc1ccc(C(Br)C2CCC3CCCCC3C2)cc1. The highest BCUT2D eigenvalue weighted by Gasteiger charge is 2.35. The van der Waals surface area contributed by atoms with Crippen LogP contribution in [0.15, 0.2) is 24.3 Å². The third-order valence-corrected chi connectivity index (χ3v) is 6.70. The molecule has 0 aromatic heterocycles. The van der Waals surface area contributed by atoms with Crippen LogP contribution in [0.1, 0.15) is 55.3 Å². The summed E-state index contributed by atoms with van der Waals surface area (Å²) in [6.45, 7) is 0. The van der Waals surface area contributed by atoms with Crippen molar-refractivity contribution in [2.45, 2.75) is 49.8 Å². The quantitative estimate of drug-likeness (QED) is 0.639. The molecule has 2 saturated carbocycles. The Morgan fingerprint density at radius 3 is 2.40 bits per heavy atom. The average Bonchev–Trinajstić information content (AvgIpc) is 2.54. The van der Waals surface area contributed by atoms with E-state index in [4.69, 9.17) is 4.74 Å². The van der Waals surface area contributed by atoms with Crippen molar-refractivity contribution in [1.29, 1.82) is 0 Å². The highest BCUT2D eigenvalue weighted by atomic mass is 79.9. The van der Waals surface area contributed by atoms with Gasteiger partial charge in [-0.15, -0.1) is 0 Å². The topological polar surface area (TPSA) is 9.23 Å². The first-order chi connectivity index (χ1) is 9.78. The lowest BCUT2D eigenvalue weighted by Gasteiger charge is -2.41. The standard InChI is InChI=1S/C18H25BrO/c1-20-17-10-8-14(9-11-17)18(19)16-7-6-13-4-2-3-5-15(13)12-16/h8-11,13,15-16,18H,2-7,12H2,1H3. The zero-order valence-corrected chi connectivity index (χ0v) is 13.9. The van der Waals surface area contributed by atoms with Gasteiger partial charge in [0.2, 0.25) is 0 Å². The van der Waals surface area contributed by atoms with E-state index in [0.29, 0.717) is 4.83 Å². The summed E-state index contributed by atoms with van der Waals surface area (Å²) in [7, 11) is 1.73.